The molecular formula is C19H23N5O3S. The van der Waals surface area contributed by atoms with Gasteiger partial charge in [-0.3, -0.25) is 14.9 Å². The molecule has 0 radical (unpaired) electrons. The summed E-state index contributed by atoms with van der Waals surface area (Å²) >= 11 is 1.24. The van der Waals surface area contributed by atoms with Crippen LogP contribution in [0, 0.1) is 6.92 Å². The van der Waals surface area contributed by atoms with Crippen LogP contribution in [0.5, 0.6) is 0 Å². The van der Waals surface area contributed by atoms with E-state index >= 15 is 0 Å². The van der Waals surface area contributed by atoms with Crippen LogP contribution in [0.15, 0.2) is 34.9 Å². The number of thioether (sulfide) groups is 1. The monoisotopic (exact) mass is 401 g/mol. The van der Waals surface area contributed by atoms with Gasteiger partial charge in [0.15, 0.2) is 5.82 Å². The van der Waals surface area contributed by atoms with E-state index in [0.29, 0.717) is 17.5 Å². The number of carbonyl (C=O) groups is 2. The molecule has 1 aromatic carbocycles. The Balaban J connectivity index is 1.57. The Labute approximate surface area is 167 Å². The summed E-state index contributed by atoms with van der Waals surface area (Å²) in [5.74, 6) is 1.22. The molecule has 0 saturated heterocycles. The Kier molecular flexibility index (Phi) is 6.35. The summed E-state index contributed by atoms with van der Waals surface area (Å²) in [5, 5.41) is 8.84. The van der Waals surface area contributed by atoms with Crippen molar-refractivity contribution in [1.29, 1.82) is 0 Å². The van der Waals surface area contributed by atoms with Crippen molar-refractivity contribution in [3.8, 4) is 0 Å². The molecule has 8 nitrogen and oxygen atoms in total. The number of hydrogen-bond donors (Lipinski definition) is 2. The fourth-order valence-corrected chi connectivity index (χ4v) is 3.40. The third kappa shape index (κ3) is 4.72. The molecule has 3 aromatic rings. The van der Waals surface area contributed by atoms with Crippen LogP contribution in [0.2, 0.25) is 0 Å². The van der Waals surface area contributed by atoms with Gasteiger partial charge in [-0.2, -0.15) is 0 Å². The van der Waals surface area contributed by atoms with Crippen LogP contribution in [0.3, 0.4) is 0 Å². The van der Waals surface area contributed by atoms with Crippen molar-refractivity contribution in [3.05, 3.63) is 36.1 Å². The zero-order chi connectivity index (χ0) is 20.1. The van der Waals surface area contributed by atoms with E-state index in [2.05, 4.69) is 27.7 Å². The number of fused-ring (bicyclic) bond motifs is 1. The average Bonchev–Trinajstić information content (AvgIpc) is 3.23. The number of benzene rings is 1. The fraction of sp³-hybridized carbons (Fsp3) is 0.368. The largest absolute Gasteiger partial charge is 0.360 e. The summed E-state index contributed by atoms with van der Waals surface area (Å²) in [4.78, 5) is 29.1. The number of anilines is 2. The summed E-state index contributed by atoms with van der Waals surface area (Å²) in [6.07, 6.45) is 0.927. The molecule has 0 aliphatic rings. The number of hydrogen-bond acceptors (Lipinski definition) is 6. The standard InChI is InChI=1S/C19H23N5O3S/c1-4-9-24-15-8-6-5-7-14(15)20-19(24)22-17(25)11-28-13(3)18(26)21-16-10-12(2)27-23-16/h5-8,10,13H,4,9,11H2,1-3H3,(H,20,22,25)(H,21,23,26)/t13-/m1/s1. The number of aryl methyl sites for hydroxylation is 2. The number of rotatable bonds is 8. The Morgan fingerprint density at radius 1 is 1.29 bits per heavy atom. The Morgan fingerprint density at radius 3 is 2.79 bits per heavy atom. The Hall–Kier alpha value is -2.81. The molecule has 2 amide bonds. The predicted molar refractivity (Wildman–Crippen MR) is 110 cm³/mol. The second-order valence-corrected chi connectivity index (χ2v) is 7.72. The van der Waals surface area contributed by atoms with Crippen molar-refractivity contribution in [1.82, 2.24) is 14.7 Å². The van der Waals surface area contributed by atoms with Crippen molar-refractivity contribution >= 4 is 46.4 Å². The topological polar surface area (TPSA) is 102 Å². The number of para-hydroxylation sites is 2. The summed E-state index contributed by atoms with van der Waals surface area (Å²) in [5.41, 5.74) is 1.83. The summed E-state index contributed by atoms with van der Waals surface area (Å²) in [7, 11) is 0. The minimum absolute atomic E-state index is 0.141. The third-order valence-corrected chi connectivity index (χ3v) is 5.21. The van der Waals surface area contributed by atoms with E-state index in [0.717, 1.165) is 24.0 Å². The second-order valence-electron chi connectivity index (χ2n) is 6.39. The SMILES string of the molecule is CCCn1c(NC(=O)CS[C@H](C)C(=O)Nc2cc(C)on2)nc2ccccc21. The second kappa shape index (κ2) is 8.92. The van der Waals surface area contributed by atoms with Crippen molar-refractivity contribution in [2.24, 2.45) is 0 Å². The zero-order valence-corrected chi connectivity index (χ0v) is 16.9. The van der Waals surface area contributed by atoms with Crippen molar-refractivity contribution in [3.63, 3.8) is 0 Å². The number of amides is 2. The molecule has 2 aromatic heterocycles. The maximum absolute atomic E-state index is 12.4. The van der Waals surface area contributed by atoms with Crippen molar-refractivity contribution in [2.75, 3.05) is 16.4 Å². The van der Waals surface area contributed by atoms with E-state index in [1.54, 1.807) is 19.9 Å². The molecule has 2 heterocycles. The van der Waals surface area contributed by atoms with Gasteiger partial charge in [-0.1, -0.05) is 24.2 Å². The third-order valence-electron chi connectivity index (χ3n) is 4.07. The highest BCUT2D eigenvalue weighted by Gasteiger charge is 2.18. The first-order valence-corrected chi connectivity index (χ1v) is 10.1. The zero-order valence-electron chi connectivity index (χ0n) is 16.1. The number of imidazole rings is 1. The molecule has 0 aliphatic carbocycles. The minimum Gasteiger partial charge on any atom is -0.360 e. The van der Waals surface area contributed by atoms with Crippen LogP contribution in [0.1, 0.15) is 26.0 Å². The lowest BCUT2D eigenvalue weighted by Crippen LogP contribution is -2.25. The lowest BCUT2D eigenvalue weighted by Gasteiger charge is -2.11. The van der Waals surface area contributed by atoms with Gasteiger partial charge in [0.25, 0.3) is 0 Å². The molecule has 1 atom stereocenters. The fourth-order valence-electron chi connectivity index (χ4n) is 2.71. The van der Waals surface area contributed by atoms with Gasteiger partial charge in [-0.15, -0.1) is 11.8 Å². The van der Waals surface area contributed by atoms with Crippen LogP contribution in [0.4, 0.5) is 11.8 Å². The predicted octanol–water partition coefficient (Wildman–Crippen LogP) is 3.44. The van der Waals surface area contributed by atoms with Gasteiger partial charge in [-0.25, -0.2) is 4.98 Å². The van der Waals surface area contributed by atoms with Crippen LogP contribution in [-0.4, -0.2) is 37.5 Å². The molecule has 9 heteroatoms. The molecule has 0 bridgehead atoms. The van der Waals surface area contributed by atoms with Gasteiger partial charge in [0, 0.05) is 12.6 Å². The highest BCUT2D eigenvalue weighted by Crippen LogP contribution is 2.21. The van der Waals surface area contributed by atoms with Gasteiger partial charge in [-0.05, 0) is 32.4 Å². The lowest BCUT2D eigenvalue weighted by atomic mass is 10.3. The smallest absolute Gasteiger partial charge is 0.238 e. The molecular weight excluding hydrogens is 378 g/mol. The van der Waals surface area contributed by atoms with Crippen LogP contribution in [-0.2, 0) is 16.1 Å². The van der Waals surface area contributed by atoms with Gasteiger partial charge in [0.05, 0.1) is 22.0 Å². The summed E-state index contributed by atoms with van der Waals surface area (Å²) in [6.45, 7) is 6.33. The maximum Gasteiger partial charge on any atom is 0.238 e. The maximum atomic E-state index is 12.4. The van der Waals surface area contributed by atoms with E-state index < -0.39 is 5.25 Å². The van der Waals surface area contributed by atoms with Crippen molar-refractivity contribution < 1.29 is 14.1 Å². The average molecular weight is 401 g/mol. The Morgan fingerprint density at radius 2 is 2.07 bits per heavy atom. The number of nitrogens with one attached hydrogen (secondary N) is 2. The quantitative estimate of drug-likeness (QED) is 0.599. The van der Waals surface area contributed by atoms with Gasteiger partial charge in [0.2, 0.25) is 17.8 Å². The van der Waals surface area contributed by atoms with Gasteiger partial charge >= 0.3 is 0 Å². The molecule has 0 saturated carbocycles. The van der Waals surface area contributed by atoms with Gasteiger partial charge in [0.1, 0.15) is 5.76 Å². The molecule has 0 fully saturated rings. The normalized spacial score (nSPS) is 12.1. The number of nitrogens with zero attached hydrogens (tertiary/aromatic N) is 3. The van der Waals surface area contributed by atoms with E-state index in [9.17, 15) is 9.59 Å². The van der Waals surface area contributed by atoms with Crippen molar-refractivity contribution in [2.45, 2.75) is 39.0 Å². The highest BCUT2D eigenvalue weighted by atomic mass is 32.2. The first-order valence-electron chi connectivity index (χ1n) is 9.08. The Bertz CT molecular complexity index is 981. The first-order chi connectivity index (χ1) is 13.5. The van der Waals surface area contributed by atoms with Gasteiger partial charge < -0.3 is 14.4 Å². The molecule has 28 heavy (non-hydrogen) atoms. The highest BCUT2D eigenvalue weighted by molar-refractivity contribution is 8.01. The minimum atomic E-state index is -0.419. The van der Waals surface area contributed by atoms with E-state index in [1.807, 2.05) is 28.8 Å². The molecule has 0 unspecified atom stereocenters. The number of aromatic nitrogens is 3. The van der Waals surface area contributed by atoms with Crippen LogP contribution < -0.4 is 10.6 Å². The van der Waals surface area contributed by atoms with Crippen LogP contribution >= 0.6 is 11.8 Å². The molecule has 0 aliphatic heterocycles. The molecule has 0 spiro atoms. The van der Waals surface area contributed by atoms with E-state index in [-0.39, 0.29) is 17.6 Å². The van der Waals surface area contributed by atoms with E-state index in [4.69, 9.17) is 4.52 Å². The first kappa shape index (κ1) is 19.9. The summed E-state index contributed by atoms with van der Waals surface area (Å²) in [6, 6.07) is 9.42. The van der Waals surface area contributed by atoms with E-state index in [1.165, 1.54) is 11.8 Å². The number of carbonyl (C=O) groups excluding carboxylic acids is 2. The summed E-state index contributed by atoms with van der Waals surface area (Å²) < 4.78 is 6.92. The molecule has 148 valence electrons. The lowest BCUT2D eigenvalue weighted by molar-refractivity contribution is -0.115. The van der Waals surface area contributed by atoms with Crippen LogP contribution in [0.25, 0.3) is 11.0 Å². The molecule has 2 N–H and O–H groups in total. The molecule has 3 rings (SSSR count).